The Bertz CT molecular complexity index is 885. The van der Waals surface area contributed by atoms with Gasteiger partial charge < -0.3 is 29.5 Å². The number of fused-ring (bicyclic) bond motifs is 1. The second-order valence-electron chi connectivity index (χ2n) is 5.89. The van der Waals surface area contributed by atoms with Crippen LogP contribution < -0.4 is 0 Å². The lowest BCUT2D eigenvalue weighted by molar-refractivity contribution is -0.0511. The molecule has 152 valence electrons. The molecule has 3 rings (SSSR count). The third kappa shape index (κ3) is 3.42. The molecule has 0 saturated carbocycles. The van der Waals surface area contributed by atoms with Crippen LogP contribution in [0.4, 0.5) is 0 Å². The predicted molar refractivity (Wildman–Crippen MR) is 90.2 cm³/mol. The molecule has 0 bridgehead atoms. The van der Waals surface area contributed by atoms with E-state index in [9.17, 15) is 24.9 Å². The summed E-state index contributed by atoms with van der Waals surface area (Å²) in [6, 6.07) is 0. The van der Waals surface area contributed by atoms with E-state index in [1.54, 1.807) is 13.8 Å². The topological polar surface area (TPSA) is 166 Å². The highest BCUT2D eigenvalue weighted by Gasteiger charge is 2.44. The van der Waals surface area contributed by atoms with Crippen LogP contribution in [0.5, 0.6) is 0 Å². The summed E-state index contributed by atoms with van der Waals surface area (Å²) >= 11 is 0. The normalized spacial score (nSPS) is 24.5. The van der Waals surface area contributed by atoms with Crippen molar-refractivity contribution < 1.29 is 39.1 Å². The van der Waals surface area contributed by atoms with Crippen molar-refractivity contribution in [3.63, 3.8) is 0 Å². The molecule has 3 N–H and O–H groups in total. The zero-order valence-corrected chi connectivity index (χ0v) is 15.2. The quantitative estimate of drug-likeness (QED) is 0.501. The van der Waals surface area contributed by atoms with Gasteiger partial charge in [-0.1, -0.05) is 0 Å². The highest BCUT2D eigenvalue weighted by Crippen LogP contribution is 2.31. The SMILES string of the molecule is CCOC(=O)c1nc(C(=O)OCC)c2ncn([C@@H]3O[C@H](CO)[C@@H](O)[C@H]3O)c2n1. The zero-order valence-electron chi connectivity index (χ0n) is 15.2. The zero-order chi connectivity index (χ0) is 20.4. The number of carbonyl (C=O) groups excluding carboxylic acids is 2. The first kappa shape index (κ1) is 20.1. The average Bonchev–Trinajstić information content (AvgIpc) is 3.22. The third-order valence-electron chi connectivity index (χ3n) is 4.14. The molecule has 1 fully saturated rings. The van der Waals surface area contributed by atoms with Gasteiger partial charge in [0.05, 0.1) is 26.1 Å². The molecule has 0 unspecified atom stereocenters. The summed E-state index contributed by atoms with van der Waals surface area (Å²) < 4.78 is 16.5. The van der Waals surface area contributed by atoms with E-state index in [2.05, 4.69) is 15.0 Å². The van der Waals surface area contributed by atoms with E-state index in [1.807, 2.05) is 0 Å². The number of hydrogen-bond acceptors (Lipinski definition) is 11. The van der Waals surface area contributed by atoms with E-state index in [-0.39, 0.29) is 30.1 Å². The summed E-state index contributed by atoms with van der Waals surface area (Å²) in [4.78, 5) is 36.4. The molecule has 28 heavy (non-hydrogen) atoms. The van der Waals surface area contributed by atoms with Crippen molar-refractivity contribution in [2.24, 2.45) is 0 Å². The van der Waals surface area contributed by atoms with E-state index in [0.29, 0.717) is 0 Å². The Balaban J connectivity index is 2.13. The number of aromatic nitrogens is 4. The highest BCUT2D eigenvalue weighted by atomic mass is 16.6. The minimum atomic E-state index is -1.40. The molecule has 2 aromatic rings. The lowest BCUT2D eigenvalue weighted by Crippen LogP contribution is -2.33. The molecule has 3 heterocycles. The van der Waals surface area contributed by atoms with Gasteiger partial charge in [-0.25, -0.2) is 24.5 Å². The molecule has 0 aliphatic carbocycles. The second-order valence-corrected chi connectivity index (χ2v) is 5.89. The molecule has 0 amide bonds. The van der Waals surface area contributed by atoms with Crippen molar-refractivity contribution in [1.82, 2.24) is 19.5 Å². The van der Waals surface area contributed by atoms with E-state index in [4.69, 9.17) is 14.2 Å². The molecule has 4 atom stereocenters. The number of aliphatic hydroxyl groups excluding tert-OH is 3. The summed E-state index contributed by atoms with van der Waals surface area (Å²) in [5, 5.41) is 29.5. The smallest absolute Gasteiger partial charge is 0.376 e. The van der Waals surface area contributed by atoms with Crippen molar-refractivity contribution in [2.75, 3.05) is 19.8 Å². The van der Waals surface area contributed by atoms with Crippen molar-refractivity contribution in [3.8, 4) is 0 Å². The first-order valence-electron chi connectivity index (χ1n) is 8.64. The van der Waals surface area contributed by atoms with Crippen LogP contribution in [0.3, 0.4) is 0 Å². The van der Waals surface area contributed by atoms with Crippen LogP contribution in [0, 0.1) is 0 Å². The number of hydrogen-bond donors (Lipinski definition) is 3. The maximum absolute atomic E-state index is 12.3. The first-order valence-corrected chi connectivity index (χ1v) is 8.64. The number of rotatable bonds is 6. The van der Waals surface area contributed by atoms with Crippen LogP contribution in [0.15, 0.2) is 6.33 Å². The van der Waals surface area contributed by atoms with Crippen LogP contribution in [-0.4, -0.2) is 84.9 Å². The van der Waals surface area contributed by atoms with Gasteiger partial charge in [-0.2, -0.15) is 0 Å². The monoisotopic (exact) mass is 396 g/mol. The Labute approximate surface area is 158 Å². The highest BCUT2D eigenvalue weighted by molar-refractivity contribution is 6.00. The Kier molecular flexibility index (Phi) is 5.84. The first-order chi connectivity index (χ1) is 13.4. The van der Waals surface area contributed by atoms with Gasteiger partial charge in [-0.05, 0) is 13.8 Å². The van der Waals surface area contributed by atoms with Crippen molar-refractivity contribution in [1.29, 1.82) is 0 Å². The van der Waals surface area contributed by atoms with Crippen LogP contribution in [0.1, 0.15) is 41.2 Å². The maximum atomic E-state index is 12.3. The van der Waals surface area contributed by atoms with Gasteiger partial charge in [0.15, 0.2) is 17.6 Å². The van der Waals surface area contributed by atoms with Crippen LogP contribution >= 0.6 is 0 Å². The summed E-state index contributed by atoms with van der Waals surface area (Å²) in [6.45, 7) is 2.85. The number of aliphatic hydroxyl groups is 3. The fourth-order valence-corrected chi connectivity index (χ4v) is 2.84. The fourth-order valence-electron chi connectivity index (χ4n) is 2.84. The maximum Gasteiger partial charge on any atom is 0.376 e. The van der Waals surface area contributed by atoms with Crippen molar-refractivity contribution in [2.45, 2.75) is 38.4 Å². The number of nitrogens with zero attached hydrogens (tertiary/aromatic N) is 4. The summed E-state index contributed by atoms with van der Waals surface area (Å²) in [5.74, 6) is -2.07. The van der Waals surface area contributed by atoms with E-state index in [1.165, 1.54) is 10.9 Å². The minimum absolute atomic E-state index is 0.00375. The number of ether oxygens (including phenoxy) is 3. The van der Waals surface area contributed by atoms with Crippen molar-refractivity contribution in [3.05, 3.63) is 17.8 Å². The Morgan fingerprint density at radius 2 is 1.82 bits per heavy atom. The van der Waals surface area contributed by atoms with E-state index in [0.717, 1.165) is 0 Å². The van der Waals surface area contributed by atoms with Crippen molar-refractivity contribution >= 4 is 23.1 Å². The molecule has 1 aliphatic rings. The molecule has 2 aromatic heterocycles. The molecule has 0 radical (unpaired) electrons. The van der Waals surface area contributed by atoms with Gasteiger partial charge in [0.25, 0.3) is 0 Å². The largest absolute Gasteiger partial charge is 0.461 e. The van der Waals surface area contributed by atoms with E-state index < -0.39 is 48.9 Å². The van der Waals surface area contributed by atoms with Gasteiger partial charge in [0.1, 0.15) is 23.8 Å². The predicted octanol–water partition coefficient (Wildman–Crippen LogP) is -1.21. The molecule has 1 aliphatic heterocycles. The van der Waals surface area contributed by atoms with Gasteiger partial charge >= 0.3 is 11.9 Å². The number of esters is 2. The fraction of sp³-hybridized carbons (Fsp3) is 0.562. The Morgan fingerprint density at radius 1 is 1.14 bits per heavy atom. The number of imidazole rings is 1. The van der Waals surface area contributed by atoms with E-state index >= 15 is 0 Å². The van der Waals surface area contributed by atoms with Gasteiger partial charge in [0, 0.05) is 0 Å². The lowest BCUT2D eigenvalue weighted by atomic mass is 10.1. The Morgan fingerprint density at radius 3 is 2.43 bits per heavy atom. The van der Waals surface area contributed by atoms with Gasteiger partial charge in [0.2, 0.25) is 5.82 Å². The average molecular weight is 396 g/mol. The molecule has 1 saturated heterocycles. The van der Waals surface area contributed by atoms with Gasteiger partial charge in [-0.15, -0.1) is 0 Å². The molecular weight excluding hydrogens is 376 g/mol. The molecule has 0 aromatic carbocycles. The summed E-state index contributed by atoms with van der Waals surface area (Å²) in [5.41, 5.74) is -0.236. The Hall–Kier alpha value is -2.67. The number of carbonyl (C=O) groups is 2. The molecular formula is C16H20N4O8. The van der Waals surface area contributed by atoms with Crippen LogP contribution in [0.2, 0.25) is 0 Å². The summed E-state index contributed by atoms with van der Waals surface area (Å²) in [6.07, 6.45) is -3.70. The standard InChI is InChI=1S/C16H20N4O8/c1-3-26-15(24)9-8-13(19-12(18-9)16(25)27-4-2)20(6-17-8)14-11(23)10(22)7(5-21)28-14/h6-7,10-11,14,21-23H,3-5H2,1-2H3/t7-,10-,11-,14-/m1/s1. The lowest BCUT2D eigenvalue weighted by Gasteiger charge is -2.16. The van der Waals surface area contributed by atoms with Crippen LogP contribution in [-0.2, 0) is 14.2 Å². The van der Waals surface area contributed by atoms with Gasteiger partial charge in [-0.3, -0.25) is 4.57 Å². The second kappa shape index (κ2) is 8.14. The molecule has 12 nitrogen and oxygen atoms in total. The summed E-state index contributed by atoms with van der Waals surface area (Å²) in [7, 11) is 0. The molecule has 12 heteroatoms. The third-order valence-corrected chi connectivity index (χ3v) is 4.14. The molecule has 0 spiro atoms. The van der Waals surface area contributed by atoms with Crippen LogP contribution in [0.25, 0.3) is 11.2 Å². The minimum Gasteiger partial charge on any atom is -0.461 e.